The largest absolute Gasteiger partial charge is 0.389 e. The van der Waals surface area contributed by atoms with Crippen LogP contribution in [-0.4, -0.2) is 42.2 Å². The van der Waals surface area contributed by atoms with Crippen LogP contribution >= 0.6 is 0 Å². The molecular formula is C16H24N2O. The Hall–Kier alpha value is -1.06. The van der Waals surface area contributed by atoms with Crippen LogP contribution < -0.4 is 4.90 Å². The van der Waals surface area contributed by atoms with Gasteiger partial charge in [0, 0.05) is 31.4 Å². The molecule has 3 rings (SSSR count). The summed E-state index contributed by atoms with van der Waals surface area (Å²) in [5, 5.41) is 9.56. The third kappa shape index (κ3) is 2.77. The number of nitrogens with zero attached hydrogens (tertiary/aromatic N) is 2. The molecule has 2 heterocycles. The lowest BCUT2D eigenvalue weighted by Crippen LogP contribution is -2.54. The first-order valence-electron chi connectivity index (χ1n) is 7.51. The van der Waals surface area contributed by atoms with Gasteiger partial charge in [0.05, 0.1) is 6.10 Å². The second-order valence-electron chi connectivity index (χ2n) is 5.90. The maximum absolute atomic E-state index is 9.56. The highest BCUT2D eigenvalue weighted by Crippen LogP contribution is 2.25. The van der Waals surface area contributed by atoms with E-state index in [1.165, 1.54) is 38.0 Å². The molecule has 19 heavy (non-hydrogen) atoms. The average molecular weight is 260 g/mol. The molecule has 2 atom stereocenters. The van der Waals surface area contributed by atoms with E-state index in [0.717, 1.165) is 24.7 Å². The zero-order valence-corrected chi connectivity index (χ0v) is 11.8. The Kier molecular flexibility index (Phi) is 3.76. The molecule has 2 aliphatic heterocycles. The van der Waals surface area contributed by atoms with Crippen LogP contribution in [0.5, 0.6) is 0 Å². The van der Waals surface area contributed by atoms with Gasteiger partial charge in [0.2, 0.25) is 0 Å². The summed E-state index contributed by atoms with van der Waals surface area (Å²) in [6.45, 7) is 6.59. The van der Waals surface area contributed by atoms with Gasteiger partial charge in [-0.3, -0.25) is 4.90 Å². The van der Waals surface area contributed by atoms with Crippen molar-refractivity contribution in [1.82, 2.24) is 4.90 Å². The van der Waals surface area contributed by atoms with Gasteiger partial charge in [-0.25, -0.2) is 0 Å². The van der Waals surface area contributed by atoms with Crippen LogP contribution in [0.4, 0.5) is 5.69 Å². The van der Waals surface area contributed by atoms with E-state index in [4.69, 9.17) is 0 Å². The van der Waals surface area contributed by atoms with Crippen molar-refractivity contribution in [3.05, 3.63) is 29.8 Å². The van der Waals surface area contributed by atoms with Crippen LogP contribution in [0.15, 0.2) is 24.3 Å². The van der Waals surface area contributed by atoms with Crippen LogP contribution in [-0.2, 0) is 0 Å². The molecule has 0 saturated carbocycles. The molecule has 0 aliphatic carbocycles. The number of piperidine rings is 1. The molecule has 0 radical (unpaired) electrons. The quantitative estimate of drug-likeness (QED) is 0.884. The van der Waals surface area contributed by atoms with Crippen molar-refractivity contribution < 1.29 is 5.11 Å². The van der Waals surface area contributed by atoms with Gasteiger partial charge in [0.15, 0.2) is 0 Å². The fraction of sp³-hybridized carbons (Fsp3) is 0.625. The van der Waals surface area contributed by atoms with Crippen molar-refractivity contribution in [3.8, 4) is 0 Å². The molecule has 3 heteroatoms. The lowest BCUT2D eigenvalue weighted by atomic mass is 9.99. The van der Waals surface area contributed by atoms with Gasteiger partial charge in [0.25, 0.3) is 0 Å². The summed E-state index contributed by atoms with van der Waals surface area (Å²) in [5.41, 5.74) is 2.30. The molecule has 2 fully saturated rings. The van der Waals surface area contributed by atoms with Gasteiger partial charge in [0.1, 0.15) is 0 Å². The molecule has 104 valence electrons. The molecule has 2 unspecified atom stereocenters. The van der Waals surface area contributed by atoms with Gasteiger partial charge >= 0.3 is 0 Å². The monoisotopic (exact) mass is 260 g/mol. The highest BCUT2D eigenvalue weighted by Gasteiger charge is 2.28. The maximum Gasteiger partial charge on any atom is 0.0761 e. The van der Waals surface area contributed by atoms with Crippen LogP contribution in [0.25, 0.3) is 0 Å². The normalized spacial score (nSPS) is 26.0. The molecule has 2 saturated heterocycles. The second-order valence-corrected chi connectivity index (χ2v) is 5.90. The number of benzene rings is 1. The fourth-order valence-corrected chi connectivity index (χ4v) is 3.35. The second kappa shape index (κ2) is 5.51. The van der Waals surface area contributed by atoms with E-state index in [1.807, 2.05) is 19.1 Å². The zero-order chi connectivity index (χ0) is 13.2. The number of hydrogen-bond donors (Lipinski definition) is 1. The van der Waals surface area contributed by atoms with Crippen LogP contribution in [0.2, 0.25) is 0 Å². The van der Waals surface area contributed by atoms with E-state index in [0.29, 0.717) is 0 Å². The van der Waals surface area contributed by atoms with E-state index in [-0.39, 0.29) is 6.10 Å². The van der Waals surface area contributed by atoms with E-state index in [9.17, 15) is 5.11 Å². The average Bonchev–Trinajstić information content (AvgIpc) is 2.47. The van der Waals surface area contributed by atoms with Crippen molar-refractivity contribution in [2.45, 2.75) is 38.3 Å². The summed E-state index contributed by atoms with van der Waals surface area (Å²) < 4.78 is 0. The molecule has 0 aromatic heterocycles. The van der Waals surface area contributed by atoms with Crippen molar-refractivity contribution in [2.24, 2.45) is 0 Å². The topological polar surface area (TPSA) is 26.7 Å². The Balaban J connectivity index is 1.69. The van der Waals surface area contributed by atoms with Crippen LogP contribution in [0.1, 0.15) is 37.9 Å². The van der Waals surface area contributed by atoms with Crippen LogP contribution in [0.3, 0.4) is 0 Å². The molecule has 1 N–H and O–H groups in total. The molecule has 0 amide bonds. The summed E-state index contributed by atoms with van der Waals surface area (Å²) >= 11 is 0. The number of piperazine rings is 1. The van der Waals surface area contributed by atoms with Gasteiger partial charge in [-0.1, -0.05) is 18.6 Å². The van der Waals surface area contributed by atoms with E-state index in [2.05, 4.69) is 21.9 Å². The minimum absolute atomic E-state index is 0.371. The molecule has 1 aromatic rings. The van der Waals surface area contributed by atoms with Gasteiger partial charge < -0.3 is 10.0 Å². The van der Waals surface area contributed by atoms with E-state index in [1.54, 1.807) is 0 Å². The Morgan fingerprint density at radius 2 is 1.89 bits per heavy atom. The van der Waals surface area contributed by atoms with Crippen molar-refractivity contribution in [2.75, 3.05) is 31.1 Å². The Bertz CT molecular complexity index is 415. The van der Waals surface area contributed by atoms with Gasteiger partial charge in [-0.05, 0) is 44.0 Å². The molecular weight excluding hydrogens is 236 g/mol. The first-order chi connectivity index (χ1) is 9.24. The summed E-state index contributed by atoms with van der Waals surface area (Å²) in [7, 11) is 0. The summed E-state index contributed by atoms with van der Waals surface area (Å²) in [6.07, 6.45) is 3.74. The zero-order valence-electron chi connectivity index (χ0n) is 11.8. The minimum Gasteiger partial charge on any atom is -0.389 e. The standard InChI is InChI=1S/C16H24N2O/c1-13(19)14-5-7-15(8-6-14)18-11-10-17-9-3-2-4-16(17)12-18/h5-8,13,16,19H,2-4,9-12H2,1H3. The SMILES string of the molecule is CC(O)c1ccc(N2CCN3CCCCC3C2)cc1. The van der Waals surface area contributed by atoms with Gasteiger partial charge in [-0.2, -0.15) is 0 Å². The third-order valence-electron chi connectivity index (χ3n) is 4.58. The third-order valence-corrected chi connectivity index (χ3v) is 4.58. The Morgan fingerprint density at radius 1 is 1.11 bits per heavy atom. The molecule has 1 aromatic carbocycles. The first-order valence-corrected chi connectivity index (χ1v) is 7.51. The van der Waals surface area contributed by atoms with Gasteiger partial charge in [-0.15, -0.1) is 0 Å². The smallest absolute Gasteiger partial charge is 0.0761 e. The Morgan fingerprint density at radius 3 is 2.63 bits per heavy atom. The van der Waals surface area contributed by atoms with Crippen LogP contribution in [0, 0.1) is 0 Å². The van der Waals surface area contributed by atoms with Crippen molar-refractivity contribution >= 4 is 5.69 Å². The number of rotatable bonds is 2. The fourth-order valence-electron chi connectivity index (χ4n) is 3.35. The van der Waals surface area contributed by atoms with Crippen molar-refractivity contribution in [3.63, 3.8) is 0 Å². The predicted octanol–water partition coefficient (Wildman–Crippen LogP) is 2.41. The number of aliphatic hydroxyl groups excluding tert-OH is 1. The molecule has 0 spiro atoms. The summed E-state index contributed by atoms with van der Waals surface area (Å²) in [6, 6.07) is 9.15. The Labute approximate surface area is 115 Å². The summed E-state index contributed by atoms with van der Waals surface area (Å²) in [4.78, 5) is 5.16. The highest BCUT2D eigenvalue weighted by atomic mass is 16.3. The summed E-state index contributed by atoms with van der Waals surface area (Å²) in [5.74, 6) is 0. The minimum atomic E-state index is -0.371. The highest BCUT2D eigenvalue weighted by molar-refractivity contribution is 5.48. The maximum atomic E-state index is 9.56. The van der Waals surface area contributed by atoms with E-state index < -0.39 is 0 Å². The molecule has 0 bridgehead atoms. The number of aliphatic hydroxyl groups is 1. The number of fused-ring (bicyclic) bond motifs is 1. The lowest BCUT2D eigenvalue weighted by molar-refractivity contribution is 0.133. The predicted molar refractivity (Wildman–Crippen MR) is 78.5 cm³/mol. The lowest BCUT2D eigenvalue weighted by Gasteiger charge is -2.45. The molecule has 3 nitrogen and oxygen atoms in total. The first kappa shape index (κ1) is 12.9. The van der Waals surface area contributed by atoms with Crippen molar-refractivity contribution in [1.29, 1.82) is 0 Å². The number of anilines is 1. The molecule has 2 aliphatic rings. The number of hydrogen-bond acceptors (Lipinski definition) is 3. The van der Waals surface area contributed by atoms with E-state index >= 15 is 0 Å².